The van der Waals surface area contributed by atoms with E-state index in [0.29, 0.717) is 12.3 Å². The van der Waals surface area contributed by atoms with E-state index < -0.39 is 11.9 Å². The molecule has 1 unspecified atom stereocenters. The van der Waals surface area contributed by atoms with Crippen molar-refractivity contribution in [2.75, 3.05) is 5.32 Å². The second-order valence-corrected chi connectivity index (χ2v) is 6.29. The summed E-state index contributed by atoms with van der Waals surface area (Å²) in [5, 5.41) is 11.9. The van der Waals surface area contributed by atoms with Crippen molar-refractivity contribution in [2.45, 2.75) is 57.8 Å². The topological polar surface area (TPSA) is 66.4 Å². The largest absolute Gasteiger partial charge is 0.481 e. The zero-order chi connectivity index (χ0) is 15.9. The van der Waals surface area contributed by atoms with Crippen LogP contribution in [0.25, 0.3) is 0 Å². The highest BCUT2D eigenvalue weighted by atomic mass is 16.4. The quantitative estimate of drug-likeness (QED) is 0.802. The first-order valence-electron chi connectivity index (χ1n) is 8.19. The van der Waals surface area contributed by atoms with Crippen molar-refractivity contribution in [3.8, 4) is 0 Å². The van der Waals surface area contributed by atoms with E-state index in [1.165, 1.54) is 25.7 Å². The number of hydrogen-bond donors (Lipinski definition) is 2. The van der Waals surface area contributed by atoms with Gasteiger partial charge in [-0.1, -0.05) is 37.8 Å². The number of hydrogen-bond acceptors (Lipinski definition) is 2. The number of carbonyl (C=O) groups is 2. The average Bonchev–Trinajstić information content (AvgIpc) is 2.75. The lowest BCUT2D eigenvalue weighted by molar-refractivity contribution is -0.138. The van der Waals surface area contributed by atoms with E-state index in [1.807, 2.05) is 0 Å². The Labute approximate surface area is 131 Å². The van der Waals surface area contributed by atoms with Gasteiger partial charge in [0.05, 0.1) is 5.92 Å². The first-order valence-corrected chi connectivity index (χ1v) is 8.19. The van der Waals surface area contributed by atoms with Gasteiger partial charge in [0, 0.05) is 12.1 Å². The zero-order valence-electron chi connectivity index (χ0n) is 13.2. The van der Waals surface area contributed by atoms with Crippen molar-refractivity contribution >= 4 is 17.6 Å². The average molecular weight is 303 g/mol. The molecule has 120 valence electrons. The van der Waals surface area contributed by atoms with E-state index in [1.54, 1.807) is 31.2 Å². The summed E-state index contributed by atoms with van der Waals surface area (Å²) in [6, 6.07) is 7.08. The second-order valence-electron chi connectivity index (χ2n) is 6.29. The predicted molar refractivity (Wildman–Crippen MR) is 86.9 cm³/mol. The van der Waals surface area contributed by atoms with Crippen LogP contribution in [0.1, 0.15) is 63.4 Å². The lowest BCUT2D eigenvalue weighted by Gasteiger charge is -2.14. The number of carboxylic acids is 1. The number of aliphatic carboxylic acids is 1. The molecule has 0 saturated heterocycles. The van der Waals surface area contributed by atoms with Crippen molar-refractivity contribution in [3.63, 3.8) is 0 Å². The van der Waals surface area contributed by atoms with Crippen molar-refractivity contribution in [2.24, 2.45) is 5.92 Å². The molecule has 4 heteroatoms. The summed E-state index contributed by atoms with van der Waals surface area (Å²) in [4.78, 5) is 23.1. The smallest absolute Gasteiger partial charge is 0.310 e. The molecule has 1 atom stereocenters. The molecule has 22 heavy (non-hydrogen) atoms. The minimum absolute atomic E-state index is 0.0610. The van der Waals surface area contributed by atoms with E-state index in [9.17, 15) is 9.59 Å². The summed E-state index contributed by atoms with van der Waals surface area (Å²) in [6.45, 7) is 1.65. The highest BCUT2D eigenvalue weighted by Gasteiger charge is 2.17. The molecule has 1 aliphatic carbocycles. The van der Waals surface area contributed by atoms with Crippen LogP contribution in [-0.2, 0) is 9.59 Å². The molecule has 4 nitrogen and oxygen atoms in total. The number of amides is 1. The highest BCUT2D eigenvalue weighted by Crippen LogP contribution is 2.26. The number of carboxylic acid groups (broad SMARTS) is 1. The molecule has 1 aromatic rings. The van der Waals surface area contributed by atoms with Crippen LogP contribution < -0.4 is 5.32 Å². The standard InChI is InChI=1S/C18H25NO3/c1-13(18(21)22)15-8-10-16(11-9-15)19-17(20)12-14-6-4-2-3-5-7-14/h8-11,13-14H,2-7,12H2,1H3,(H,19,20)(H,21,22). The fourth-order valence-corrected chi connectivity index (χ4v) is 3.04. The maximum absolute atomic E-state index is 12.1. The number of anilines is 1. The lowest BCUT2D eigenvalue weighted by atomic mass is 9.96. The van der Waals surface area contributed by atoms with Crippen molar-refractivity contribution in [1.29, 1.82) is 0 Å². The Bertz CT molecular complexity index is 502. The van der Waals surface area contributed by atoms with Crippen molar-refractivity contribution < 1.29 is 14.7 Å². The van der Waals surface area contributed by atoms with E-state index >= 15 is 0 Å². The minimum Gasteiger partial charge on any atom is -0.481 e. The summed E-state index contributed by atoms with van der Waals surface area (Å²) in [5.41, 5.74) is 1.48. The Morgan fingerprint density at radius 1 is 1.14 bits per heavy atom. The van der Waals surface area contributed by atoms with Crippen LogP contribution in [0.4, 0.5) is 5.69 Å². The monoisotopic (exact) mass is 303 g/mol. The second kappa shape index (κ2) is 7.97. The summed E-state index contributed by atoms with van der Waals surface area (Å²) < 4.78 is 0. The van der Waals surface area contributed by atoms with Crippen molar-refractivity contribution in [1.82, 2.24) is 0 Å². The van der Waals surface area contributed by atoms with Gasteiger partial charge < -0.3 is 10.4 Å². The fraction of sp³-hybridized carbons (Fsp3) is 0.556. The molecule has 0 bridgehead atoms. The lowest BCUT2D eigenvalue weighted by Crippen LogP contribution is -2.16. The number of benzene rings is 1. The van der Waals surface area contributed by atoms with Gasteiger partial charge in [-0.2, -0.15) is 0 Å². The molecule has 0 spiro atoms. The molecule has 1 aromatic carbocycles. The summed E-state index contributed by atoms with van der Waals surface area (Å²) in [6.07, 6.45) is 7.96. The molecule has 0 aromatic heterocycles. The Balaban J connectivity index is 1.87. The number of nitrogens with one attached hydrogen (secondary N) is 1. The van der Waals surface area contributed by atoms with Crippen LogP contribution >= 0.6 is 0 Å². The van der Waals surface area contributed by atoms with Crippen LogP contribution in [0, 0.1) is 5.92 Å². The van der Waals surface area contributed by atoms with Gasteiger partial charge >= 0.3 is 5.97 Å². The van der Waals surface area contributed by atoms with Gasteiger partial charge in [-0.15, -0.1) is 0 Å². The molecule has 0 aliphatic heterocycles. The van der Waals surface area contributed by atoms with Gasteiger partial charge in [-0.3, -0.25) is 9.59 Å². The Kier molecular flexibility index (Phi) is 5.99. The molecular weight excluding hydrogens is 278 g/mol. The maximum atomic E-state index is 12.1. The van der Waals surface area contributed by atoms with Gasteiger partial charge in [0.2, 0.25) is 5.91 Å². The third-order valence-corrected chi connectivity index (χ3v) is 4.51. The van der Waals surface area contributed by atoms with E-state index in [2.05, 4.69) is 5.32 Å². The Morgan fingerprint density at radius 2 is 1.73 bits per heavy atom. The molecule has 1 saturated carbocycles. The zero-order valence-corrected chi connectivity index (χ0v) is 13.2. The Morgan fingerprint density at radius 3 is 2.27 bits per heavy atom. The molecule has 2 N–H and O–H groups in total. The first kappa shape index (κ1) is 16.5. The third kappa shape index (κ3) is 4.86. The predicted octanol–water partition coefficient (Wildman–Crippen LogP) is 4.17. The Hall–Kier alpha value is -1.84. The van der Waals surface area contributed by atoms with Crippen LogP contribution in [0.15, 0.2) is 24.3 Å². The van der Waals surface area contributed by atoms with Gasteiger partial charge in [0.1, 0.15) is 0 Å². The first-order chi connectivity index (χ1) is 10.6. The van der Waals surface area contributed by atoms with Crippen LogP contribution in [0.5, 0.6) is 0 Å². The molecule has 1 aliphatic rings. The van der Waals surface area contributed by atoms with Crippen LogP contribution in [-0.4, -0.2) is 17.0 Å². The van der Waals surface area contributed by atoms with Crippen LogP contribution in [0.2, 0.25) is 0 Å². The highest BCUT2D eigenvalue weighted by molar-refractivity contribution is 5.90. The molecule has 0 heterocycles. The summed E-state index contributed by atoms with van der Waals surface area (Å²) >= 11 is 0. The van der Waals surface area contributed by atoms with Gasteiger partial charge in [-0.05, 0) is 43.4 Å². The van der Waals surface area contributed by atoms with E-state index in [-0.39, 0.29) is 5.91 Å². The summed E-state index contributed by atoms with van der Waals surface area (Å²) in [7, 11) is 0. The van der Waals surface area contributed by atoms with Crippen molar-refractivity contribution in [3.05, 3.63) is 29.8 Å². The van der Waals surface area contributed by atoms with Crippen LogP contribution in [0.3, 0.4) is 0 Å². The molecule has 2 rings (SSSR count). The molecular formula is C18H25NO3. The van der Waals surface area contributed by atoms with Gasteiger partial charge in [0.15, 0.2) is 0 Å². The number of rotatable bonds is 5. The molecule has 1 fully saturated rings. The SMILES string of the molecule is CC(C(=O)O)c1ccc(NC(=O)CC2CCCCCC2)cc1. The fourth-order valence-electron chi connectivity index (χ4n) is 3.04. The minimum atomic E-state index is -0.842. The molecule has 0 radical (unpaired) electrons. The number of carbonyl (C=O) groups excluding carboxylic acids is 1. The van der Waals surface area contributed by atoms with Gasteiger partial charge in [0.25, 0.3) is 0 Å². The summed E-state index contributed by atoms with van der Waals surface area (Å²) in [5.74, 6) is -0.805. The van der Waals surface area contributed by atoms with Gasteiger partial charge in [-0.25, -0.2) is 0 Å². The van der Waals surface area contributed by atoms with E-state index in [0.717, 1.165) is 24.1 Å². The third-order valence-electron chi connectivity index (χ3n) is 4.51. The maximum Gasteiger partial charge on any atom is 0.310 e. The molecule has 1 amide bonds. The normalized spacial score (nSPS) is 17.5. The van der Waals surface area contributed by atoms with E-state index in [4.69, 9.17) is 5.11 Å².